The number of benzene rings is 2. The molecule has 6 heteroatoms. The molecule has 128 valence electrons. The second-order valence-corrected chi connectivity index (χ2v) is 7.82. The lowest BCUT2D eigenvalue weighted by molar-refractivity contribution is -0.117. The van der Waals surface area contributed by atoms with Gasteiger partial charge in [-0.2, -0.15) is 0 Å². The van der Waals surface area contributed by atoms with E-state index < -0.39 is 10.0 Å². The number of amides is 1. The van der Waals surface area contributed by atoms with Crippen molar-refractivity contribution in [3.63, 3.8) is 0 Å². The summed E-state index contributed by atoms with van der Waals surface area (Å²) < 4.78 is 25.2. The van der Waals surface area contributed by atoms with Crippen LogP contribution in [-0.4, -0.2) is 32.7 Å². The monoisotopic (exact) mass is 346 g/mol. The predicted molar refractivity (Wildman–Crippen MR) is 95.4 cm³/mol. The maximum absolute atomic E-state index is 12.5. The van der Waals surface area contributed by atoms with Crippen LogP contribution < -0.4 is 5.32 Å². The minimum Gasteiger partial charge on any atom is -0.326 e. The molecule has 1 N–H and O–H groups in total. The van der Waals surface area contributed by atoms with Crippen molar-refractivity contribution < 1.29 is 13.2 Å². The normalized spacial score (nSPS) is 12.8. The van der Waals surface area contributed by atoms with Crippen LogP contribution in [0.2, 0.25) is 0 Å². The number of hydrogen-bond acceptors (Lipinski definition) is 3. The highest BCUT2D eigenvalue weighted by Gasteiger charge is 2.20. The van der Waals surface area contributed by atoms with Crippen LogP contribution in [0.5, 0.6) is 0 Å². The van der Waals surface area contributed by atoms with E-state index in [-0.39, 0.29) is 16.7 Å². The lowest BCUT2D eigenvalue weighted by Crippen LogP contribution is -2.22. The van der Waals surface area contributed by atoms with Gasteiger partial charge in [0.2, 0.25) is 15.9 Å². The van der Waals surface area contributed by atoms with Gasteiger partial charge in [0.15, 0.2) is 0 Å². The van der Waals surface area contributed by atoms with Crippen LogP contribution in [0, 0.1) is 0 Å². The van der Waals surface area contributed by atoms with Crippen LogP contribution in [-0.2, 0) is 14.8 Å². The van der Waals surface area contributed by atoms with Crippen LogP contribution in [0.15, 0.2) is 59.5 Å². The molecule has 0 fully saturated rings. The van der Waals surface area contributed by atoms with Gasteiger partial charge in [0.05, 0.1) is 10.8 Å². The Kier molecular flexibility index (Phi) is 5.75. The Morgan fingerprint density at radius 2 is 1.62 bits per heavy atom. The van der Waals surface area contributed by atoms with Crippen molar-refractivity contribution in [3.8, 4) is 0 Å². The summed E-state index contributed by atoms with van der Waals surface area (Å²) in [6.45, 7) is 1.96. The zero-order chi connectivity index (χ0) is 17.7. The van der Waals surface area contributed by atoms with Crippen molar-refractivity contribution in [2.45, 2.75) is 24.2 Å². The summed E-state index contributed by atoms with van der Waals surface area (Å²) in [5.41, 5.74) is 1.54. The molecule has 0 radical (unpaired) electrons. The van der Waals surface area contributed by atoms with E-state index >= 15 is 0 Å². The third kappa shape index (κ3) is 4.01. The molecule has 24 heavy (non-hydrogen) atoms. The first-order valence-corrected chi connectivity index (χ1v) is 9.18. The fraction of sp³-hybridized carbons (Fsp3) is 0.278. The van der Waals surface area contributed by atoms with Crippen molar-refractivity contribution in [1.29, 1.82) is 0 Å². The van der Waals surface area contributed by atoms with Crippen LogP contribution in [0.3, 0.4) is 0 Å². The molecule has 0 unspecified atom stereocenters. The van der Waals surface area contributed by atoms with E-state index in [2.05, 4.69) is 5.32 Å². The lowest BCUT2D eigenvalue weighted by atomic mass is 9.95. The molecule has 2 rings (SSSR count). The Bertz CT molecular complexity index is 785. The molecule has 0 aliphatic rings. The first kappa shape index (κ1) is 18.2. The molecule has 0 saturated carbocycles. The molecule has 2 aromatic rings. The minimum absolute atomic E-state index is 0.105. The van der Waals surface area contributed by atoms with Crippen molar-refractivity contribution in [1.82, 2.24) is 4.31 Å². The van der Waals surface area contributed by atoms with Gasteiger partial charge in [0.25, 0.3) is 0 Å². The van der Waals surface area contributed by atoms with Crippen molar-refractivity contribution in [2.24, 2.45) is 0 Å². The fourth-order valence-corrected chi connectivity index (χ4v) is 3.31. The number of carbonyl (C=O) groups is 1. The Labute approximate surface area is 143 Å². The second kappa shape index (κ2) is 7.59. The largest absolute Gasteiger partial charge is 0.326 e. The number of nitrogens with zero attached hydrogens (tertiary/aromatic N) is 1. The zero-order valence-electron chi connectivity index (χ0n) is 14.1. The van der Waals surface area contributed by atoms with Crippen molar-refractivity contribution in [3.05, 3.63) is 60.2 Å². The number of sulfonamides is 1. The third-order valence-electron chi connectivity index (χ3n) is 3.83. The Hall–Kier alpha value is -2.18. The molecular weight excluding hydrogens is 324 g/mol. The summed E-state index contributed by atoms with van der Waals surface area (Å²) in [6, 6.07) is 15.8. The molecule has 0 aliphatic carbocycles. The lowest BCUT2D eigenvalue weighted by Gasteiger charge is -2.16. The Morgan fingerprint density at radius 1 is 1.04 bits per heavy atom. The van der Waals surface area contributed by atoms with Gasteiger partial charge in [-0.25, -0.2) is 12.7 Å². The Balaban J connectivity index is 2.15. The smallest absolute Gasteiger partial charge is 0.242 e. The van der Waals surface area contributed by atoms with Gasteiger partial charge >= 0.3 is 0 Å². The summed E-state index contributed by atoms with van der Waals surface area (Å²) in [6.07, 6.45) is 0.683. The standard InChI is InChI=1S/C18H22N2O3S/c1-4-17(14-8-6-5-7-9-14)18(21)19-15-10-12-16(13-11-15)24(22,23)20(2)3/h5-13,17H,4H2,1-3H3,(H,19,21)/t17-/m1/s1. The molecule has 0 aliphatic heterocycles. The van der Waals surface area contributed by atoms with Crippen LogP contribution in [0.4, 0.5) is 5.69 Å². The zero-order valence-corrected chi connectivity index (χ0v) is 14.9. The molecule has 0 heterocycles. The van der Waals surface area contributed by atoms with Gasteiger partial charge in [-0.15, -0.1) is 0 Å². The van der Waals surface area contributed by atoms with Crippen LogP contribution in [0.25, 0.3) is 0 Å². The molecular formula is C18H22N2O3S. The predicted octanol–water partition coefficient (Wildman–Crippen LogP) is 3.07. The van der Waals surface area contributed by atoms with Crippen LogP contribution >= 0.6 is 0 Å². The molecule has 0 aromatic heterocycles. The molecule has 0 bridgehead atoms. The number of hydrogen-bond donors (Lipinski definition) is 1. The van der Waals surface area contributed by atoms with E-state index in [4.69, 9.17) is 0 Å². The SMILES string of the molecule is CC[C@@H](C(=O)Nc1ccc(S(=O)(=O)N(C)C)cc1)c1ccccc1. The average Bonchev–Trinajstić information content (AvgIpc) is 2.57. The molecule has 1 atom stereocenters. The van der Waals surface area contributed by atoms with Crippen molar-refractivity contribution in [2.75, 3.05) is 19.4 Å². The van der Waals surface area contributed by atoms with E-state index in [0.29, 0.717) is 12.1 Å². The van der Waals surface area contributed by atoms with E-state index in [1.807, 2.05) is 37.3 Å². The summed E-state index contributed by atoms with van der Waals surface area (Å²) in [5, 5.41) is 2.85. The van der Waals surface area contributed by atoms with E-state index in [1.54, 1.807) is 12.1 Å². The summed E-state index contributed by atoms with van der Waals surface area (Å²) in [7, 11) is -0.500. The molecule has 1 amide bonds. The second-order valence-electron chi connectivity index (χ2n) is 5.67. The van der Waals surface area contributed by atoms with Gasteiger partial charge in [0.1, 0.15) is 0 Å². The average molecular weight is 346 g/mol. The van der Waals surface area contributed by atoms with Gasteiger partial charge in [-0.3, -0.25) is 4.79 Å². The van der Waals surface area contributed by atoms with E-state index in [9.17, 15) is 13.2 Å². The number of rotatable bonds is 6. The number of nitrogens with one attached hydrogen (secondary N) is 1. The summed E-state index contributed by atoms with van der Waals surface area (Å²) in [5.74, 6) is -0.344. The van der Waals surface area contributed by atoms with Crippen LogP contribution in [0.1, 0.15) is 24.8 Å². The van der Waals surface area contributed by atoms with Gasteiger partial charge in [-0.05, 0) is 36.2 Å². The fourth-order valence-electron chi connectivity index (χ4n) is 2.41. The molecule has 5 nitrogen and oxygen atoms in total. The summed E-state index contributed by atoms with van der Waals surface area (Å²) >= 11 is 0. The molecule has 2 aromatic carbocycles. The van der Waals surface area contributed by atoms with Crippen molar-refractivity contribution >= 4 is 21.6 Å². The van der Waals surface area contributed by atoms with Gasteiger partial charge in [-0.1, -0.05) is 37.3 Å². The molecule has 0 spiro atoms. The molecule has 0 saturated heterocycles. The quantitative estimate of drug-likeness (QED) is 0.874. The number of anilines is 1. The first-order valence-electron chi connectivity index (χ1n) is 7.74. The first-order chi connectivity index (χ1) is 11.4. The Morgan fingerprint density at radius 3 is 2.12 bits per heavy atom. The summed E-state index contributed by atoms with van der Waals surface area (Å²) in [4.78, 5) is 12.7. The highest BCUT2D eigenvalue weighted by Crippen LogP contribution is 2.22. The minimum atomic E-state index is -3.47. The van der Waals surface area contributed by atoms with E-state index in [0.717, 1.165) is 9.87 Å². The highest BCUT2D eigenvalue weighted by atomic mass is 32.2. The topological polar surface area (TPSA) is 66.5 Å². The number of carbonyl (C=O) groups excluding carboxylic acids is 1. The maximum Gasteiger partial charge on any atom is 0.242 e. The third-order valence-corrected chi connectivity index (χ3v) is 5.66. The van der Waals surface area contributed by atoms with E-state index in [1.165, 1.54) is 26.2 Å². The highest BCUT2D eigenvalue weighted by molar-refractivity contribution is 7.89. The van der Waals surface area contributed by atoms with Gasteiger partial charge < -0.3 is 5.32 Å². The van der Waals surface area contributed by atoms with Gasteiger partial charge in [0, 0.05) is 19.8 Å². The maximum atomic E-state index is 12.5.